The van der Waals surface area contributed by atoms with E-state index >= 15 is 0 Å². The summed E-state index contributed by atoms with van der Waals surface area (Å²) in [6, 6.07) is 14.3. The standard InChI is InChI=1S/C20H19FN2O/c21-17-3-1-2-14(10-17)12-20(7-9-22-13-20)19(24)16-4-5-18-15(11-16)6-8-23-18/h1-6,8,10-11,22-23H,7,9,12-13H2. The molecule has 1 fully saturated rings. The van der Waals surface area contributed by atoms with Gasteiger partial charge in [0, 0.05) is 29.2 Å². The molecule has 4 rings (SSSR count). The van der Waals surface area contributed by atoms with Crippen LogP contribution in [0.3, 0.4) is 0 Å². The number of aromatic nitrogens is 1. The molecule has 122 valence electrons. The molecule has 2 heterocycles. The zero-order valence-corrected chi connectivity index (χ0v) is 13.3. The molecule has 2 N–H and O–H groups in total. The molecule has 2 aromatic carbocycles. The molecule has 1 aliphatic heterocycles. The van der Waals surface area contributed by atoms with Crippen LogP contribution in [0.1, 0.15) is 22.3 Å². The van der Waals surface area contributed by atoms with Gasteiger partial charge in [0.15, 0.2) is 5.78 Å². The Bertz CT molecular complexity index is 893. The number of H-pyrrole nitrogens is 1. The van der Waals surface area contributed by atoms with Gasteiger partial charge < -0.3 is 10.3 Å². The normalized spacial score (nSPS) is 20.5. The number of fused-ring (bicyclic) bond motifs is 1. The van der Waals surface area contributed by atoms with E-state index < -0.39 is 5.41 Å². The summed E-state index contributed by atoms with van der Waals surface area (Å²) in [5, 5.41) is 4.35. The van der Waals surface area contributed by atoms with Crippen molar-refractivity contribution in [2.75, 3.05) is 13.1 Å². The molecule has 24 heavy (non-hydrogen) atoms. The molecule has 0 radical (unpaired) electrons. The highest BCUT2D eigenvalue weighted by Gasteiger charge is 2.41. The van der Waals surface area contributed by atoms with Crippen LogP contribution in [0.4, 0.5) is 4.39 Å². The van der Waals surface area contributed by atoms with Crippen molar-refractivity contribution in [1.29, 1.82) is 0 Å². The van der Waals surface area contributed by atoms with Gasteiger partial charge in [0.05, 0.1) is 5.41 Å². The first-order valence-corrected chi connectivity index (χ1v) is 8.23. The molecule has 0 bridgehead atoms. The van der Waals surface area contributed by atoms with Crippen molar-refractivity contribution in [2.24, 2.45) is 5.41 Å². The van der Waals surface area contributed by atoms with Gasteiger partial charge in [0.2, 0.25) is 0 Å². The molecule has 0 aliphatic carbocycles. The van der Waals surface area contributed by atoms with Crippen LogP contribution in [0.2, 0.25) is 0 Å². The van der Waals surface area contributed by atoms with Gasteiger partial charge in [0.25, 0.3) is 0 Å². The number of benzene rings is 2. The quantitative estimate of drug-likeness (QED) is 0.719. The number of Topliss-reactive ketones (excluding diaryl/α,β-unsaturated/α-hetero) is 1. The summed E-state index contributed by atoms with van der Waals surface area (Å²) in [5.74, 6) is -0.116. The largest absolute Gasteiger partial charge is 0.361 e. The fourth-order valence-electron chi connectivity index (χ4n) is 3.71. The van der Waals surface area contributed by atoms with Crippen molar-refractivity contribution in [1.82, 2.24) is 10.3 Å². The third kappa shape index (κ3) is 2.63. The average Bonchev–Trinajstić information content (AvgIpc) is 3.23. The molecular weight excluding hydrogens is 303 g/mol. The number of halogens is 1. The van der Waals surface area contributed by atoms with Crippen LogP contribution in [0, 0.1) is 11.2 Å². The summed E-state index contributed by atoms with van der Waals surface area (Å²) in [6.07, 6.45) is 3.20. The first-order chi connectivity index (χ1) is 11.7. The second-order valence-corrected chi connectivity index (χ2v) is 6.62. The highest BCUT2D eigenvalue weighted by atomic mass is 19.1. The first-order valence-electron chi connectivity index (χ1n) is 8.23. The number of ketones is 1. The zero-order valence-electron chi connectivity index (χ0n) is 13.3. The van der Waals surface area contributed by atoms with Crippen LogP contribution < -0.4 is 5.32 Å². The summed E-state index contributed by atoms with van der Waals surface area (Å²) < 4.78 is 13.5. The highest BCUT2D eigenvalue weighted by Crippen LogP contribution is 2.35. The lowest BCUT2D eigenvalue weighted by molar-refractivity contribution is 0.0816. The summed E-state index contributed by atoms with van der Waals surface area (Å²) in [6.45, 7) is 1.45. The zero-order chi connectivity index (χ0) is 16.6. The summed E-state index contributed by atoms with van der Waals surface area (Å²) in [4.78, 5) is 16.4. The van der Waals surface area contributed by atoms with Crippen molar-refractivity contribution < 1.29 is 9.18 Å². The minimum absolute atomic E-state index is 0.139. The van der Waals surface area contributed by atoms with E-state index in [-0.39, 0.29) is 11.6 Å². The predicted molar refractivity (Wildman–Crippen MR) is 92.7 cm³/mol. The Labute approximate surface area is 139 Å². The number of nitrogens with one attached hydrogen (secondary N) is 2. The van der Waals surface area contributed by atoms with E-state index in [1.807, 2.05) is 36.5 Å². The fraction of sp³-hybridized carbons (Fsp3) is 0.250. The molecule has 3 nitrogen and oxygen atoms in total. The minimum Gasteiger partial charge on any atom is -0.361 e. The van der Waals surface area contributed by atoms with Crippen LogP contribution in [-0.2, 0) is 6.42 Å². The average molecular weight is 322 g/mol. The Morgan fingerprint density at radius 3 is 2.88 bits per heavy atom. The third-order valence-electron chi connectivity index (χ3n) is 4.97. The second-order valence-electron chi connectivity index (χ2n) is 6.62. The topological polar surface area (TPSA) is 44.9 Å². The lowest BCUT2D eigenvalue weighted by Crippen LogP contribution is -2.36. The molecule has 4 heteroatoms. The number of hydrogen-bond acceptors (Lipinski definition) is 2. The van der Waals surface area contributed by atoms with Crippen LogP contribution in [-0.4, -0.2) is 23.9 Å². The molecular formula is C20H19FN2O. The summed E-state index contributed by atoms with van der Waals surface area (Å²) in [7, 11) is 0. The van der Waals surface area contributed by atoms with Crippen LogP contribution in [0.5, 0.6) is 0 Å². The molecule has 0 spiro atoms. The molecule has 0 amide bonds. The molecule has 1 atom stereocenters. The maximum Gasteiger partial charge on any atom is 0.170 e. The maximum absolute atomic E-state index is 13.5. The minimum atomic E-state index is -0.502. The van der Waals surface area contributed by atoms with Gasteiger partial charge >= 0.3 is 0 Å². The van der Waals surface area contributed by atoms with Gasteiger partial charge in [-0.15, -0.1) is 0 Å². The van der Waals surface area contributed by atoms with Crippen molar-refractivity contribution in [3.8, 4) is 0 Å². The van der Waals surface area contributed by atoms with E-state index in [0.29, 0.717) is 13.0 Å². The number of rotatable bonds is 4. The Kier molecular flexibility index (Phi) is 3.69. The smallest absolute Gasteiger partial charge is 0.170 e. The van der Waals surface area contributed by atoms with Crippen molar-refractivity contribution in [3.05, 3.63) is 71.7 Å². The molecule has 1 aromatic heterocycles. The molecule has 1 aliphatic rings. The highest BCUT2D eigenvalue weighted by molar-refractivity contribution is 6.03. The monoisotopic (exact) mass is 322 g/mol. The Morgan fingerprint density at radius 2 is 2.08 bits per heavy atom. The number of carbonyl (C=O) groups is 1. The fourth-order valence-corrected chi connectivity index (χ4v) is 3.71. The maximum atomic E-state index is 13.5. The van der Waals surface area contributed by atoms with E-state index in [9.17, 15) is 9.18 Å². The second kappa shape index (κ2) is 5.87. The lowest BCUT2D eigenvalue weighted by Gasteiger charge is -2.27. The third-order valence-corrected chi connectivity index (χ3v) is 4.97. The summed E-state index contributed by atoms with van der Waals surface area (Å²) >= 11 is 0. The van der Waals surface area contributed by atoms with Crippen molar-refractivity contribution in [2.45, 2.75) is 12.8 Å². The van der Waals surface area contributed by atoms with Crippen LogP contribution in [0.25, 0.3) is 10.9 Å². The Hall–Kier alpha value is -2.46. The van der Waals surface area contributed by atoms with Gasteiger partial charge in [-0.1, -0.05) is 12.1 Å². The van der Waals surface area contributed by atoms with Crippen LogP contribution >= 0.6 is 0 Å². The number of carbonyl (C=O) groups excluding carboxylic acids is 1. The number of aromatic amines is 1. The summed E-state index contributed by atoms with van der Waals surface area (Å²) in [5.41, 5.74) is 2.12. The van der Waals surface area contributed by atoms with Crippen molar-refractivity contribution >= 4 is 16.7 Å². The van der Waals surface area contributed by atoms with Crippen molar-refractivity contribution in [3.63, 3.8) is 0 Å². The van der Waals surface area contributed by atoms with Crippen LogP contribution in [0.15, 0.2) is 54.7 Å². The number of hydrogen-bond donors (Lipinski definition) is 2. The van der Waals surface area contributed by atoms with Gasteiger partial charge in [0.1, 0.15) is 5.82 Å². The van der Waals surface area contributed by atoms with Gasteiger partial charge in [-0.2, -0.15) is 0 Å². The van der Waals surface area contributed by atoms with E-state index in [0.717, 1.165) is 35.0 Å². The lowest BCUT2D eigenvalue weighted by atomic mass is 9.74. The van der Waals surface area contributed by atoms with E-state index in [1.165, 1.54) is 12.1 Å². The molecule has 0 saturated carbocycles. The SMILES string of the molecule is O=C(c1ccc2[nH]ccc2c1)C1(Cc2cccc(F)c2)CCNC1. The predicted octanol–water partition coefficient (Wildman–Crippen LogP) is 3.71. The first kappa shape index (κ1) is 15.1. The van der Waals surface area contributed by atoms with Gasteiger partial charge in [-0.25, -0.2) is 4.39 Å². The Morgan fingerprint density at radius 1 is 1.17 bits per heavy atom. The van der Waals surface area contributed by atoms with E-state index in [4.69, 9.17) is 0 Å². The van der Waals surface area contributed by atoms with E-state index in [2.05, 4.69) is 10.3 Å². The van der Waals surface area contributed by atoms with Gasteiger partial charge in [-0.3, -0.25) is 4.79 Å². The molecule has 1 unspecified atom stereocenters. The van der Waals surface area contributed by atoms with Gasteiger partial charge in [-0.05, 0) is 61.3 Å². The molecule has 1 saturated heterocycles. The molecule has 3 aromatic rings. The Balaban J connectivity index is 1.69. The van der Waals surface area contributed by atoms with E-state index in [1.54, 1.807) is 6.07 Å².